The van der Waals surface area contributed by atoms with Crippen LogP contribution < -0.4 is 0 Å². The standard InChI is InChI=1S/C17H21ClFN3/c1-13-11-20-21(2)16(13)12-22-9-7-17(19,8-10-22)14-5-3-4-6-15(14)18/h3-6,11H,7-10,12H2,1-2H3. The number of aryl methyl sites for hydroxylation is 2. The molecule has 1 aromatic heterocycles. The van der Waals surface area contributed by atoms with Gasteiger partial charge in [0.2, 0.25) is 0 Å². The van der Waals surface area contributed by atoms with Crippen LogP contribution in [0.15, 0.2) is 30.5 Å². The Morgan fingerprint density at radius 2 is 1.95 bits per heavy atom. The van der Waals surface area contributed by atoms with Gasteiger partial charge in [0, 0.05) is 37.3 Å². The predicted octanol–water partition coefficient (Wildman–Crippen LogP) is 3.84. The van der Waals surface area contributed by atoms with E-state index in [0.717, 1.165) is 19.6 Å². The first-order valence-corrected chi connectivity index (χ1v) is 8.01. The molecule has 1 saturated heterocycles. The van der Waals surface area contributed by atoms with Crippen molar-refractivity contribution < 1.29 is 4.39 Å². The second-order valence-electron chi connectivity index (χ2n) is 6.12. The molecule has 0 spiro atoms. The van der Waals surface area contributed by atoms with Gasteiger partial charge in [-0.05, 0) is 31.4 Å². The van der Waals surface area contributed by atoms with E-state index in [1.165, 1.54) is 11.3 Å². The largest absolute Gasteiger partial charge is 0.297 e. The van der Waals surface area contributed by atoms with Crippen molar-refractivity contribution >= 4 is 11.6 Å². The number of rotatable bonds is 3. The fourth-order valence-corrected chi connectivity index (χ4v) is 3.48. The van der Waals surface area contributed by atoms with E-state index >= 15 is 4.39 Å². The van der Waals surface area contributed by atoms with Crippen molar-refractivity contribution in [2.75, 3.05) is 13.1 Å². The van der Waals surface area contributed by atoms with Gasteiger partial charge in [-0.2, -0.15) is 5.10 Å². The molecule has 1 aliphatic rings. The Hall–Kier alpha value is -1.39. The molecule has 3 nitrogen and oxygen atoms in total. The summed E-state index contributed by atoms with van der Waals surface area (Å²) >= 11 is 6.18. The molecule has 0 unspecified atom stereocenters. The predicted molar refractivity (Wildman–Crippen MR) is 86.7 cm³/mol. The Morgan fingerprint density at radius 3 is 2.55 bits per heavy atom. The lowest BCUT2D eigenvalue weighted by Gasteiger charge is -2.37. The molecular formula is C17H21ClFN3. The molecule has 1 aliphatic heterocycles. The summed E-state index contributed by atoms with van der Waals surface area (Å²) in [6.07, 6.45) is 2.84. The first-order chi connectivity index (χ1) is 10.5. The number of aromatic nitrogens is 2. The van der Waals surface area contributed by atoms with Crippen molar-refractivity contribution in [3.63, 3.8) is 0 Å². The smallest absolute Gasteiger partial charge is 0.139 e. The molecular weight excluding hydrogens is 301 g/mol. The second kappa shape index (κ2) is 6.01. The molecule has 0 atom stereocenters. The lowest BCUT2D eigenvalue weighted by molar-refractivity contribution is 0.0516. The molecule has 3 rings (SSSR count). The summed E-state index contributed by atoms with van der Waals surface area (Å²) < 4.78 is 17.2. The highest BCUT2D eigenvalue weighted by Crippen LogP contribution is 2.40. The minimum Gasteiger partial charge on any atom is -0.297 e. The summed E-state index contributed by atoms with van der Waals surface area (Å²) in [7, 11) is 1.95. The molecule has 0 bridgehead atoms. The van der Waals surface area contributed by atoms with Gasteiger partial charge in [0.15, 0.2) is 0 Å². The molecule has 2 heterocycles. The molecule has 0 N–H and O–H groups in total. The number of benzene rings is 1. The molecule has 22 heavy (non-hydrogen) atoms. The third-order valence-electron chi connectivity index (χ3n) is 4.65. The molecule has 0 radical (unpaired) electrons. The van der Waals surface area contributed by atoms with Gasteiger partial charge >= 0.3 is 0 Å². The van der Waals surface area contributed by atoms with E-state index in [0.29, 0.717) is 23.4 Å². The lowest BCUT2D eigenvalue weighted by Crippen LogP contribution is -2.40. The number of likely N-dealkylation sites (tertiary alicyclic amines) is 1. The summed E-state index contributed by atoms with van der Waals surface area (Å²) in [6.45, 7) is 4.34. The highest BCUT2D eigenvalue weighted by Gasteiger charge is 2.37. The van der Waals surface area contributed by atoms with Crippen molar-refractivity contribution in [2.24, 2.45) is 7.05 Å². The summed E-state index contributed by atoms with van der Waals surface area (Å²) in [5, 5.41) is 4.80. The number of halogens is 2. The zero-order chi connectivity index (χ0) is 15.7. The molecule has 2 aromatic rings. The Bertz CT molecular complexity index is 640. The number of nitrogens with zero attached hydrogens (tertiary/aromatic N) is 3. The SMILES string of the molecule is Cc1cnn(C)c1CN1CCC(F)(c2ccccc2Cl)CC1. The van der Waals surface area contributed by atoms with Crippen LogP contribution in [0.2, 0.25) is 5.02 Å². The van der Waals surface area contributed by atoms with Gasteiger partial charge in [0.1, 0.15) is 5.67 Å². The lowest BCUT2D eigenvalue weighted by atomic mass is 9.86. The van der Waals surface area contributed by atoms with E-state index in [2.05, 4.69) is 16.9 Å². The van der Waals surface area contributed by atoms with Gasteiger partial charge in [0.25, 0.3) is 0 Å². The first kappa shape index (κ1) is 15.5. The quantitative estimate of drug-likeness (QED) is 0.856. The summed E-state index contributed by atoms with van der Waals surface area (Å²) in [4.78, 5) is 2.29. The number of hydrogen-bond acceptors (Lipinski definition) is 2. The van der Waals surface area contributed by atoms with Crippen LogP contribution in [0.4, 0.5) is 4.39 Å². The van der Waals surface area contributed by atoms with Crippen LogP contribution in [-0.4, -0.2) is 27.8 Å². The maximum atomic E-state index is 15.2. The Kier molecular flexibility index (Phi) is 4.24. The minimum atomic E-state index is -1.31. The molecule has 1 aromatic carbocycles. The third kappa shape index (κ3) is 2.90. The van der Waals surface area contributed by atoms with Crippen molar-refractivity contribution in [1.82, 2.24) is 14.7 Å². The monoisotopic (exact) mass is 321 g/mol. The van der Waals surface area contributed by atoms with E-state index < -0.39 is 5.67 Å². The van der Waals surface area contributed by atoms with E-state index in [4.69, 9.17) is 11.6 Å². The highest BCUT2D eigenvalue weighted by atomic mass is 35.5. The highest BCUT2D eigenvalue weighted by molar-refractivity contribution is 6.31. The fraction of sp³-hybridized carbons (Fsp3) is 0.471. The Labute approximate surface area is 135 Å². The number of piperidine rings is 1. The summed E-state index contributed by atoms with van der Waals surface area (Å²) in [6, 6.07) is 7.27. The van der Waals surface area contributed by atoms with Crippen LogP contribution in [0, 0.1) is 6.92 Å². The molecule has 0 aliphatic carbocycles. The molecule has 0 amide bonds. The summed E-state index contributed by atoms with van der Waals surface area (Å²) in [5.41, 5.74) is 1.71. The van der Waals surface area contributed by atoms with Gasteiger partial charge < -0.3 is 0 Å². The molecule has 118 valence electrons. The third-order valence-corrected chi connectivity index (χ3v) is 4.98. The number of alkyl halides is 1. The van der Waals surface area contributed by atoms with Crippen molar-refractivity contribution in [3.8, 4) is 0 Å². The van der Waals surface area contributed by atoms with E-state index in [1.807, 2.05) is 36.1 Å². The molecule has 5 heteroatoms. The van der Waals surface area contributed by atoms with Gasteiger partial charge in [-0.3, -0.25) is 9.58 Å². The van der Waals surface area contributed by atoms with Crippen LogP contribution in [0.25, 0.3) is 0 Å². The topological polar surface area (TPSA) is 21.1 Å². The van der Waals surface area contributed by atoms with E-state index in [-0.39, 0.29) is 0 Å². The fourth-order valence-electron chi connectivity index (χ4n) is 3.17. The van der Waals surface area contributed by atoms with Gasteiger partial charge in [-0.1, -0.05) is 29.8 Å². The van der Waals surface area contributed by atoms with Crippen molar-refractivity contribution in [1.29, 1.82) is 0 Å². The summed E-state index contributed by atoms with van der Waals surface area (Å²) in [5.74, 6) is 0. The zero-order valence-corrected chi connectivity index (χ0v) is 13.8. The number of hydrogen-bond donors (Lipinski definition) is 0. The maximum Gasteiger partial charge on any atom is 0.139 e. The van der Waals surface area contributed by atoms with Crippen LogP contribution in [0.1, 0.15) is 29.7 Å². The van der Waals surface area contributed by atoms with Crippen LogP contribution in [0.5, 0.6) is 0 Å². The Morgan fingerprint density at radius 1 is 1.27 bits per heavy atom. The van der Waals surface area contributed by atoms with Gasteiger partial charge in [-0.25, -0.2) is 4.39 Å². The molecule has 0 saturated carbocycles. The van der Waals surface area contributed by atoms with Crippen LogP contribution in [0.3, 0.4) is 0 Å². The average Bonchev–Trinajstić information content (AvgIpc) is 2.82. The van der Waals surface area contributed by atoms with Crippen LogP contribution >= 0.6 is 11.6 Å². The maximum absolute atomic E-state index is 15.2. The second-order valence-corrected chi connectivity index (χ2v) is 6.53. The molecule has 1 fully saturated rings. The first-order valence-electron chi connectivity index (χ1n) is 7.63. The van der Waals surface area contributed by atoms with E-state index in [9.17, 15) is 0 Å². The van der Waals surface area contributed by atoms with Crippen LogP contribution in [-0.2, 0) is 19.3 Å². The normalized spacial score (nSPS) is 18.5. The van der Waals surface area contributed by atoms with Gasteiger partial charge in [0.05, 0.1) is 11.9 Å². The van der Waals surface area contributed by atoms with Crippen molar-refractivity contribution in [2.45, 2.75) is 32.0 Å². The zero-order valence-electron chi connectivity index (χ0n) is 13.0. The minimum absolute atomic E-state index is 0.480. The Balaban J connectivity index is 1.69. The average molecular weight is 322 g/mol. The van der Waals surface area contributed by atoms with Crippen molar-refractivity contribution in [3.05, 3.63) is 52.3 Å². The van der Waals surface area contributed by atoms with Gasteiger partial charge in [-0.15, -0.1) is 0 Å². The van der Waals surface area contributed by atoms with E-state index in [1.54, 1.807) is 6.07 Å².